The Kier molecular flexibility index (Phi) is 2.49. The van der Waals surface area contributed by atoms with Gasteiger partial charge in [0.25, 0.3) is 0 Å². The molecule has 2 nitrogen and oxygen atoms in total. The van der Waals surface area contributed by atoms with Crippen molar-refractivity contribution in [2.75, 3.05) is 0 Å². The summed E-state index contributed by atoms with van der Waals surface area (Å²) in [6.45, 7) is 1.59. The number of Topliss-reactive ketones (excluding diaryl/α,β-unsaturated/α-hetero) is 1. The molecule has 0 aliphatic carbocycles. The number of hydrogen-bond acceptors (Lipinski definition) is 1. The first-order chi connectivity index (χ1) is 8.75. The highest BCUT2D eigenvalue weighted by Gasteiger charge is 2.06. The Bertz CT molecular complexity index is 725. The van der Waals surface area contributed by atoms with Crippen molar-refractivity contribution >= 4 is 16.7 Å². The highest BCUT2D eigenvalue weighted by Crippen LogP contribution is 2.28. The fourth-order valence-electron chi connectivity index (χ4n) is 2.24. The number of aromatic nitrogens is 1. The van der Waals surface area contributed by atoms with Crippen LogP contribution >= 0.6 is 0 Å². The van der Waals surface area contributed by atoms with E-state index in [1.54, 1.807) is 6.92 Å². The summed E-state index contributed by atoms with van der Waals surface area (Å²) in [7, 11) is 0. The molecule has 0 unspecified atom stereocenters. The predicted molar refractivity (Wildman–Crippen MR) is 73.7 cm³/mol. The smallest absolute Gasteiger partial charge is 0.159 e. The van der Waals surface area contributed by atoms with E-state index in [0.717, 1.165) is 22.2 Å². The lowest BCUT2D eigenvalue weighted by atomic mass is 9.99. The molecule has 1 aromatic heterocycles. The zero-order valence-corrected chi connectivity index (χ0v) is 10.1. The molecule has 0 spiro atoms. The van der Waals surface area contributed by atoms with E-state index in [0.29, 0.717) is 0 Å². The molecular formula is C16H13NO. The van der Waals surface area contributed by atoms with Crippen LogP contribution in [-0.2, 0) is 0 Å². The van der Waals surface area contributed by atoms with Gasteiger partial charge in [-0.25, -0.2) is 0 Å². The summed E-state index contributed by atoms with van der Waals surface area (Å²) in [6, 6.07) is 16.0. The topological polar surface area (TPSA) is 32.9 Å². The summed E-state index contributed by atoms with van der Waals surface area (Å²) in [5, 5.41) is 1.18. The number of benzene rings is 2. The van der Waals surface area contributed by atoms with Crippen molar-refractivity contribution in [2.45, 2.75) is 6.92 Å². The van der Waals surface area contributed by atoms with Crippen LogP contribution in [0, 0.1) is 0 Å². The largest absolute Gasteiger partial charge is 0.361 e. The van der Waals surface area contributed by atoms with E-state index in [4.69, 9.17) is 0 Å². The average Bonchev–Trinajstić information content (AvgIpc) is 2.87. The third-order valence-corrected chi connectivity index (χ3v) is 3.18. The van der Waals surface area contributed by atoms with Crippen molar-refractivity contribution in [1.82, 2.24) is 4.98 Å². The van der Waals surface area contributed by atoms with Crippen LogP contribution in [0.4, 0.5) is 0 Å². The van der Waals surface area contributed by atoms with Gasteiger partial charge >= 0.3 is 0 Å². The van der Waals surface area contributed by atoms with Gasteiger partial charge in [0.2, 0.25) is 0 Å². The number of aromatic amines is 1. The second kappa shape index (κ2) is 4.15. The zero-order valence-electron chi connectivity index (χ0n) is 10.1. The van der Waals surface area contributed by atoms with E-state index in [1.165, 1.54) is 5.39 Å². The van der Waals surface area contributed by atoms with Crippen LogP contribution in [0.3, 0.4) is 0 Å². The van der Waals surface area contributed by atoms with E-state index in [1.807, 2.05) is 42.6 Å². The van der Waals surface area contributed by atoms with Crippen LogP contribution in [-0.4, -0.2) is 10.8 Å². The molecule has 0 bridgehead atoms. The molecule has 0 amide bonds. The third kappa shape index (κ3) is 1.72. The number of fused-ring (bicyclic) bond motifs is 1. The molecular weight excluding hydrogens is 222 g/mol. The van der Waals surface area contributed by atoms with Gasteiger partial charge < -0.3 is 4.98 Å². The van der Waals surface area contributed by atoms with Crippen LogP contribution in [0.15, 0.2) is 54.7 Å². The van der Waals surface area contributed by atoms with Crippen LogP contribution in [0.1, 0.15) is 17.3 Å². The van der Waals surface area contributed by atoms with Gasteiger partial charge in [0.1, 0.15) is 0 Å². The summed E-state index contributed by atoms with van der Waals surface area (Å²) in [5.41, 5.74) is 4.09. The number of H-pyrrole nitrogens is 1. The van der Waals surface area contributed by atoms with Gasteiger partial charge in [0, 0.05) is 22.7 Å². The summed E-state index contributed by atoms with van der Waals surface area (Å²) < 4.78 is 0. The minimum Gasteiger partial charge on any atom is -0.361 e. The molecule has 0 aliphatic heterocycles. The molecule has 2 aromatic carbocycles. The lowest BCUT2D eigenvalue weighted by Gasteiger charge is -2.05. The van der Waals surface area contributed by atoms with Crippen LogP contribution in [0.25, 0.3) is 22.0 Å². The maximum absolute atomic E-state index is 11.4. The fourth-order valence-corrected chi connectivity index (χ4v) is 2.24. The molecule has 18 heavy (non-hydrogen) atoms. The lowest BCUT2D eigenvalue weighted by molar-refractivity contribution is 0.101. The lowest BCUT2D eigenvalue weighted by Crippen LogP contribution is -1.91. The Morgan fingerprint density at radius 3 is 2.72 bits per heavy atom. The second-order valence-corrected chi connectivity index (χ2v) is 4.38. The Balaban J connectivity index is 2.23. The van der Waals surface area contributed by atoms with E-state index in [-0.39, 0.29) is 5.78 Å². The Morgan fingerprint density at radius 1 is 1.06 bits per heavy atom. The molecule has 0 saturated heterocycles. The minimum absolute atomic E-state index is 0.0955. The van der Waals surface area contributed by atoms with Gasteiger partial charge in [-0.3, -0.25) is 4.79 Å². The second-order valence-electron chi connectivity index (χ2n) is 4.38. The average molecular weight is 235 g/mol. The Morgan fingerprint density at radius 2 is 1.89 bits per heavy atom. The SMILES string of the molecule is CC(=O)c1cccc(-c2cccc3[nH]ccc23)c1. The molecule has 2 heteroatoms. The Hall–Kier alpha value is -2.35. The molecule has 0 aliphatic rings. The first-order valence-electron chi connectivity index (χ1n) is 5.93. The zero-order chi connectivity index (χ0) is 12.5. The van der Waals surface area contributed by atoms with Gasteiger partial charge in [0.05, 0.1) is 0 Å². The van der Waals surface area contributed by atoms with Crippen molar-refractivity contribution < 1.29 is 4.79 Å². The summed E-state index contributed by atoms with van der Waals surface area (Å²) in [4.78, 5) is 14.6. The van der Waals surface area contributed by atoms with Crippen molar-refractivity contribution in [1.29, 1.82) is 0 Å². The van der Waals surface area contributed by atoms with Crippen molar-refractivity contribution in [3.8, 4) is 11.1 Å². The van der Waals surface area contributed by atoms with Gasteiger partial charge in [-0.05, 0) is 36.2 Å². The quantitative estimate of drug-likeness (QED) is 0.668. The molecule has 3 aromatic rings. The molecule has 88 valence electrons. The van der Waals surface area contributed by atoms with Crippen LogP contribution < -0.4 is 0 Å². The number of ketones is 1. The molecule has 1 heterocycles. The number of carbonyl (C=O) groups excluding carboxylic acids is 1. The van der Waals surface area contributed by atoms with Gasteiger partial charge in [-0.2, -0.15) is 0 Å². The highest BCUT2D eigenvalue weighted by atomic mass is 16.1. The number of carbonyl (C=O) groups is 1. The highest BCUT2D eigenvalue weighted by molar-refractivity contribution is 5.98. The van der Waals surface area contributed by atoms with Crippen LogP contribution in [0.2, 0.25) is 0 Å². The first kappa shape index (κ1) is 10.8. The summed E-state index contributed by atoms with van der Waals surface area (Å²) >= 11 is 0. The first-order valence-corrected chi connectivity index (χ1v) is 5.93. The van der Waals surface area contributed by atoms with Crippen molar-refractivity contribution in [3.63, 3.8) is 0 Å². The summed E-state index contributed by atoms with van der Waals surface area (Å²) in [5.74, 6) is 0.0955. The molecule has 0 atom stereocenters. The normalized spacial score (nSPS) is 10.7. The fraction of sp³-hybridized carbons (Fsp3) is 0.0625. The molecule has 0 saturated carbocycles. The van der Waals surface area contributed by atoms with E-state index < -0.39 is 0 Å². The number of nitrogens with one attached hydrogen (secondary N) is 1. The monoisotopic (exact) mass is 235 g/mol. The predicted octanol–water partition coefficient (Wildman–Crippen LogP) is 4.04. The van der Waals surface area contributed by atoms with Gasteiger partial charge in [-0.15, -0.1) is 0 Å². The van der Waals surface area contributed by atoms with E-state index >= 15 is 0 Å². The van der Waals surface area contributed by atoms with E-state index in [2.05, 4.69) is 17.1 Å². The standard InChI is InChI=1S/C16H13NO/c1-11(18)12-4-2-5-13(10-12)14-6-3-7-16-15(14)8-9-17-16/h2-10,17H,1H3. The summed E-state index contributed by atoms with van der Waals surface area (Å²) in [6.07, 6.45) is 1.93. The Labute approximate surface area is 105 Å². The number of hydrogen-bond donors (Lipinski definition) is 1. The van der Waals surface area contributed by atoms with Crippen LogP contribution in [0.5, 0.6) is 0 Å². The maximum atomic E-state index is 11.4. The van der Waals surface area contributed by atoms with Gasteiger partial charge in [0.15, 0.2) is 5.78 Å². The van der Waals surface area contributed by atoms with Gasteiger partial charge in [-0.1, -0.05) is 30.3 Å². The minimum atomic E-state index is 0.0955. The number of rotatable bonds is 2. The molecule has 0 fully saturated rings. The van der Waals surface area contributed by atoms with Crippen molar-refractivity contribution in [3.05, 3.63) is 60.3 Å². The third-order valence-electron chi connectivity index (χ3n) is 3.18. The van der Waals surface area contributed by atoms with E-state index in [9.17, 15) is 4.79 Å². The van der Waals surface area contributed by atoms with Crippen molar-refractivity contribution in [2.24, 2.45) is 0 Å². The molecule has 3 rings (SSSR count). The molecule has 0 radical (unpaired) electrons. The molecule has 1 N–H and O–H groups in total. The maximum Gasteiger partial charge on any atom is 0.159 e.